The summed E-state index contributed by atoms with van der Waals surface area (Å²) < 4.78 is 5.45. The van der Waals surface area contributed by atoms with E-state index in [-0.39, 0.29) is 0 Å². The lowest BCUT2D eigenvalue weighted by molar-refractivity contribution is 0.0195. The van der Waals surface area contributed by atoms with E-state index in [1.54, 1.807) is 0 Å². The zero-order valence-electron chi connectivity index (χ0n) is 13.3. The molecule has 1 atom stereocenters. The second-order valence-electron chi connectivity index (χ2n) is 6.13. The molecule has 5 heteroatoms. The Bertz CT molecular complexity index is 313. The third-order valence-corrected chi connectivity index (χ3v) is 3.97. The van der Waals surface area contributed by atoms with Crippen molar-refractivity contribution in [2.75, 3.05) is 52.5 Å². The average molecular weight is 282 g/mol. The number of ether oxygens (including phenoxy) is 1. The highest BCUT2D eigenvalue weighted by Gasteiger charge is 2.30. The van der Waals surface area contributed by atoms with Gasteiger partial charge in [-0.05, 0) is 19.3 Å². The highest BCUT2D eigenvalue weighted by atomic mass is 16.5. The Morgan fingerprint density at radius 1 is 1.30 bits per heavy atom. The zero-order chi connectivity index (χ0) is 14.4. The average Bonchev–Trinajstić information content (AvgIpc) is 2.94. The molecule has 2 heterocycles. The summed E-state index contributed by atoms with van der Waals surface area (Å²) in [4.78, 5) is 9.76. The van der Waals surface area contributed by atoms with Gasteiger partial charge in [0.25, 0.3) is 0 Å². The molecule has 0 aromatic carbocycles. The van der Waals surface area contributed by atoms with Crippen LogP contribution in [0.25, 0.3) is 0 Å². The summed E-state index contributed by atoms with van der Waals surface area (Å²) in [5.74, 6) is 1.71. The molecule has 2 fully saturated rings. The van der Waals surface area contributed by atoms with E-state index in [2.05, 4.69) is 35.9 Å². The Labute approximate surface area is 123 Å². The fraction of sp³-hybridized carbons (Fsp3) is 0.933. The maximum Gasteiger partial charge on any atom is 0.193 e. The molecule has 2 aliphatic rings. The molecule has 0 radical (unpaired) electrons. The van der Waals surface area contributed by atoms with Gasteiger partial charge in [-0.1, -0.05) is 13.8 Å². The topological polar surface area (TPSA) is 40.1 Å². The number of likely N-dealkylation sites (tertiary alicyclic amines) is 1. The molecule has 0 bridgehead atoms. The molecule has 1 N–H and O–H groups in total. The molecule has 1 unspecified atom stereocenters. The summed E-state index contributed by atoms with van der Waals surface area (Å²) in [6, 6.07) is 0.668. The van der Waals surface area contributed by atoms with Crippen molar-refractivity contribution in [1.82, 2.24) is 15.1 Å². The predicted molar refractivity (Wildman–Crippen MR) is 83.2 cm³/mol. The lowest BCUT2D eigenvalue weighted by atomic mass is 10.2. The van der Waals surface area contributed by atoms with E-state index < -0.39 is 0 Å². The number of nitrogens with one attached hydrogen (secondary N) is 1. The van der Waals surface area contributed by atoms with Crippen molar-refractivity contribution in [3.05, 3.63) is 0 Å². The SMILES string of the molecule is CCNC(=NCC(C)C)N1CCC(N2CCOCC2)C1. The van der Waals surface area contributed by atoms with Crippen LogP contribution in [-0.2, 0) is 4.74 Å². The van der Waals surface area contributed by atoms with E-state index in [1.807, 2.05) is 0 Å². The second-order valence-corrected chi connectivity index (χ2v) is 6.13. The molecule has 0 spiro atoms. The van der Waals surface area contributed by atoms with Gasteiger partial charge in [0, 0.05) is 45.3 Å². The summed E-state index contributed by atoms with van der Waals surface area (Å²) in [7, 11) is 0. The number of nitrogens with zero attached hydrogens (tertiary/aromatic N) is 3. The fourth-order valence-electron chi connectivity index (χ4n) is 2.87. The van der Waals surface area contributed by atoms with Gasteiger partial charge in [-0.2, -0.15) is 0 Å². The standard InChI is InChI=1S/C15H30N4O/c1-4-16-15(17-11-13(2)3)19-6-5-14(12-19)18-7-9-20-10-8-18/h13-14H,4-12H2,1-3H3,(H,16,17). The smallest absolute Gasteiger partial charge is 0.193 e. The van der Waals surface area contributed by atoms with E-state index in [1.165, 1.54) is 6.42 Å². The number of hydrogen-bond acceptors (Lipinski definition) is 3. The van der Waals surface area contributed by atoms with Crippen LogP contribution in [0.3, 0.4) is 0 Å². The van der Waals surface area contributed by atoms with Gasteiger partial charge in [0.05, 0.1) is 13.2 Å². The Morgan fingerprint density at radius 2 is 2.05 bits per heavy atom. The lowest BCUT2D eigenvalue weighted by Crippen LogP contribution is -2.46. The quantitative estimate of drug-likeness (QED) is 0.617. The molecule has 0 aromatic heterocycles. The molecule has 2 aliphatic heterocycles. The van der Waals surface area contributed by atoms with Crippen LogP contribution >= 0.6 is 0 Å². The Balaban J connectivity index is 1.89. The number of aliphatic imine (C=N–C) groups is 1. The van der Waals surface area contributed by atoms with Crippen LogP contribution in [0.5, 0.6) is 0 Å². The Morgan fingerprint density at radius 3 is 2.70 bits per heavy atom. The molecule has 0 amide bonds. The van der Waals surface area contributed by atoms with Gasteiger partial charge < -0.3 is 15.0 Å². The summed E-state index contributed by atoms with van der Waals surface area (Å²) in [6.07, 6.45) is 1.24. The highest BCUT2D eigenvalue weighted by Crippen LogP contribution is 2.17. The van der Waals surface area contributed by atoms with E-state index in [0.29, 0.717) is 12.0 Å². The number of rotatable bonds is 4. The zero-order valence-corrected chi connectivity index (χ0v) is 13.3. The van der Waals surface area contributed by atoms with Crippen LogP contribution in [0, 0.1) is 5.92 Å². The van der Waals surface area contributed by atoms with Crippen molar-refractivity contribution in [1.29, 1.82) is 0 Å². The summed E-state index contributed by atoms with van der Waals surface area (Å²) in [5, 5.41) is 3.44. The minimum Gasteiger partial charge on any atom is -0.379 e. The first kappa shape index (κ1) is 15.6. The van der Waals surface area contributed by atoms with Crippen LogP contribution in [0.15, 0.2) is 4.99 Å². The van der Waals surface area contributed by atoms with Crippen LogP contribution in [-0.4, -0.2) is 74.3 Å². The van der Waals surface area contributed by atoms with Crippen molar-refractivity contribution < 1.29 is 4.74 Å². The first-order valence-electron chi connectivity index (χ1n) is 8.05. The summed E-state index contributed by atoms with van der Waals surface area (Å²) >= 11 is 0. The minimum absolute atomic E-state index is 0.612. The molecular weight excluding hydrogens is 252 g/mol. The molecular formula is C15H30N4O. The van der Waals surface area contributed by atoms with Crippen LogP contribution in [0.4, 0.5) is 0 Å². The van der Waals surface area contributed by atoms with E-state index >= 15 is 0 Å². The van der Waals surface area contributed by atoms with Crippen LogP contribution in [0.1, 0.15) is 27.2 Å². The van der Waals surface area contributed by atoms with Gasteiger partial charge in [0.15, 0.2) is 5.96 Å². The maximum atomic E-state index is 5.45. The Kier molecular flexibility index (Phi) is 6.10. The minimum atomic E-state index is 0.612. The van der Waals surface area contributed by atoms with Gasteiger partial charge in [0.1, 0.15) is 0 Å². The predicted octanol–water partition coefficient (Wildman–Crippen LogP) is 1.01. The van der Waals surface area contributed by atoms with E-state index in [4.69, 9.17) is 9.73 Å². The molecule has 0 aromatic rings. The first-order chi connectivity index (χ1) is 9.70. The molecule has 20 heavy (non-hydrogen) atoms. The number of hydrogen-bond donors (Lipinski definition) is 1. The van der Waals surface area contributed by atoms with Gasteiger partial charge in [0.2, 0.25) is 0 Å². The second kappa shape index (κ2) is 7.84. The molecule has 2 saturated heterocycles. The van der Waals surface area contributed by atoms with Crippen molar-refractivity contribution >= 4 is 5.96 Å². The highest BCUT2D eigenvalue weighted by molar-refractivity contribution is 5.80. The van der Waals surface area contributed by atoms with Crippen molar-refractivity contribution in [3.8, 4) is 0 Å². The molecule has 0 aliphatic carbocycles. The number of guanidine groups is 1. The molecule has 5 nitrogen and oxygen atoms in total. The van der Waals surface area contributed by atoms with Crippen molar-refractivity contribution in [2.24, 2.45) is 10.9 Å². The maximum absolute atomic E-state index is 5.45. The van der Waals surface area contributed by atoms with Gasteiger partial charge in [-0.15, -0.1) is 0 Å². The number of morpholine rings is 1. The molecule has 116 valence electrons. The van der Waals surface area contributed by atoms with Crippen LogP contribution in [0.2, 0.25) is 0 Å². The molecule has 2 rings (SSSR count). The van der Waals surface area contributed by atoms with E-state index in [0.717, 1.165) is 58.4 Å². The monoisotopic (exact) mass is 282 g/mol. The summed E-state index contributed by atoms with van der Waals surface area (Å²) in [6.45, 7) is 14.6. The van der Waals surface area contributed by atoms with E-state index in [9.17, 15) is 0 Å². The third-order valence-electron chi connectivity index (χ3n) is 3.97. The normalized spacial score (nSPS) is 25.5. The van der Waals surface area contributed by atoms with Crippen molar-refractivity contribution in [3.63, 3.8) is 0 Å². The van der Waals surface area contributed by atoms with Crippen LogP contribution < -0.4 is 5.32 Å². The largest absolute Gasteiger partial charge is 0.379 e. The van der Waals surface area contributed by atoms with Gasteiger partial charge >= 0.3 is 0 Å². The van der Waals surface area contributed by atoms with Crippen molar-refractivity contribution in [2.45, 2.75) is 33.2 Å². The fourth-order valence-corrected chi connectivity index (χ4v) is 2.87. The van der Waals surface area contributed by atoms with Gasteiger partial charge in [-0.3, -0.25) is 9.89 Å². The molecule has 0 saturated carbocycles. The van der Waals surface area contributed by atoms with Gasteiger partial charge in [-0.25, -0.2) is 0 Å². The summed E-state index contributed by atoms with van der Waals surface area (Å²) in [5.41, 5.74) is 0. The first-order valence-corrected chi connectivity index (χ1v) is 8.05. The third kappa shape index (κ3) is 4.35. The lowest BCUT2D eigenvalue weighted by Gasteiger charge is -2.32. The Hall–Kier alpha value is -0.810.